The van der Waals surface area contributed by atoms with Gasteiger partial charge in [0.1, 0.15) is 6.04 Å². The van der Waals surface area contributed by atoms with Crippen molar-refractivity contribution in [1.29, 1.82) is 0 Å². The Labute approximate surface area is 97.8 Å². The number of thioether (sulfide) groups is 1. The fourth-order valence-corrected chi connectivity index (χ4v) is 1.84. The molecule has 0 bridgehead atoms. The van der Waals surface area contributed by atoms with Gasteiger partial charge in [0.05, 0.1) is 0 Å². The Bertz CT molecular complexity index is 367. The van der Waals surface area contributed by atoms with Crippen LogP contribution in [0.25, 0.3) is 0 Å². The van der Waals surface area contributed by atoms with E-state index in [0.717, 1.165) is 17.3 Å². The molecule has 1 aromatic carbocycles. The molecule has 4 nitrogen and oxygen atoms in total. The highest BCUT2D eigenvalue weighted by Crippen LogP contribution is 2.09. The predicted octanol–water partition coefficient (Wildman–Crippen LogP) is 0.901. The minimum atomic E-state index is -1.08. The first kappa shape index (κ1) is 12.7. The van der Waals surface area contributed by atoms with Gasteiger partial charge in [-0.1, -0.05) is 42.1 Å². The maximum absolute atomic E-state index is 11.5. The van der Waals surface area contributed by atoms with Crippen LogP contribution in [-0.2, 0) is 16.0 Å². The highest BCUT2D eigenvalue weighted by Gasteiger charge is 2.14. The first-order valence-corrected chi connectivity index (χ1v) is 5.76. The lowest BCUT2D eigenvalue weighted by atomic mass is 10.2. The first-order valence-electron chi connectivity index (χ1n) is 4.77. The topological polar surface area (TPSA) is 80.4 Å². The summed E-state index contributed by atoms with van der Waals surface area (Å²) in [6.07, 6.45) is 0.303. The van der Waals surface area contributed by atoms with Crippen molar-refractivity contribution in [2.75, 3.05) is 5.75 Å². The Kier molecular flexibility index (Phi) is 5.01. The summed E-state index contributed by atoms with van der Waals surface area (Å²) in [5.41, 5.74) is 6.21. The van der Waals surface area contributed by atoms with Crippen LogP contribution in [0.2, 0.25) is 0 Å². The standard InChI is InChI=1S/C11H13NO3S/c12-9(11(14)15)7-16-10(13)6-8-4-2-1-3-5-8/h1-5,9H,6-7,12H2,(H,14,15)/t9-/m0/s1. The Balaban J connectivity index is 2.35. The van der Waals surface area contributed by atoms with Crippen LogP contribution in [0.4, 0.5) is 0 Å². The molecule has 3 N–H and O–H groups in total. The van der Waals surface area contributed by atoms with Gasteiger partial charge in [0.25, 0.3) is 0 Å². The molecule has 1 rings (SSSR count). The van der Waals surface area contributed by atoms with E-state index in [2.05, 4.69) is 0 Å². The van der Waals surface area contributed by atoms with Gasteiger partial charge in [0, 0.05) is 12.2 Å². The summed E-state index contributed by atoms with van der Waals surface area (Å²) < 4.78 is 0. The normalized spacial score (nSPS) is 12.1. The van der Waals surface area contributed by atoms with E-state index >= 15 is 0 Å². The number of carbonyl (C=O) groups excluding carboxylic acids is 1. The average molecular weight is 239 g/mol. The molecule has 0 heterocycles. The molecule has 1 atom stereocenters. The van der Waals surface area contributed by atoms with Gasteiger partial charge in [-0.2, -0.15) is 0 Å². The highest BCUT2D eigenvalue weighted by atomic mass is 32.2. The number of rotatable bonds is 5. The smallest absolute Gasteiger partial charge is 0.321 e. The Hall–Kier alpha value is -1.33. The van der Waals surface area contributed by atoms with Crippen LogP contribution in [-0.4, -0.2) is 28.0 Å². The largest absolute Gasteiger partial charge is 0.480 e. The molecule has 0 spiro atoms. The second kappa shape index (κ2) is 6.30. The number of nitrogens with two attached hydrogens (primary N) is 1. The number of carboxylic acids is 1. The maximum atomic E-state index is 11.5. The molecule has 0 aliphatic heterocycles. The lowest BCUT2D eigenvalue weighted by molar-refractivity contribution is -0.137. The number of hydrogen-bond acceptors (Lipinski definition) is 4. The van der Waals surface area contributed by atoms with E-state index in [1.165, 1.54) is 0 Å². The molecule has 0 radical (unpaired) electrons. The van der Waals surface area contributed by atoms with Crippen molar-refractivity contribution in [1.82, 2.24) is 0 Å². The van der Waals surface area contributed by atoms with Crippen LogP contribution in [0.15, 0.2) is 30.3 Å². The van der Waals surface area contributed by atoms with E-state index in [1.807, 2.05) is 30.3 Å². The Morgan fingerprint density at radius 2 is 1.94 bits per heavy atom. The third kappa shape index (κ3) is 4.46. The van der Waals surface area contributed by atoms with Crippen LogP contribution >= 0.6 is 11.8 Å². The summed E-state index contributed by atoms with van der Waals surface area (Å²) in [6.45, 7) is 0. The average Bonchev–Trinajstić information content (AvgIpc) is 2.27. The molecule has 5 heteroatoms. The Morgan fingerprint density at radius 3 is 2.50 bits per heavy atom. The minimum absolute atomic E-state index is 0.0668. The van der Waals surface area contributed by atoms with E-state index in [-0.39, 0.29) is 10.9 Å². The zero-order valence-corrected chi connectivity index (χ0v) is 9.44. The van der Waals surface area contributed by atoms with Crippen molar-refractivity contribution in [2.45, 2.75) is 12.5 Å². The Morgan fingerprint density at radius 1 is 1.31 bits per heavy atom. The quantitative estimate of drug-likeness (QED) is 0.798. The molecular weight excluding hydrogens is 226 g/mol. The lowest BCUT2D eigenvalue weighted by Gasteiger charge is -2.04. The maximum Gasteiger partial charge on any atom is 0.321 e. The molecule has 0 saturated heterocycles. The van der Waals surface area contributed by atoms with Gasteiger partial charge in [0.2, 0.25) is 0 Å². The van der Waals surface area contributed by atoms with Gasteiger partial charge in [-0.25, -0.2) is 0 Å². The zero-order valence-electron chi connectivity index (χ0n) is 8.63. The molecule has 0 amide bonds. The van der Waals surface area contributed by atoms with E-state index in [1.54, 1.807) is 0 Å². The van der Waals surface area contributed by atoms with Crippen molar-refractivity contribution >= 4 is 22.8 Å². The molecule has 1 aromatic rings. The lowest BCUT2D eigenvalue weighted by Crippen LogP contribution is -2.32. The second-order valence-electron chi connectivity index (χ2n) is 3.29. The molecule has 0 unspecified atom stereocenters. The SMILES string of the molecule is N[C@@H](CSC(=O)Cc1ccccc1)C(=O)O. The van der Waals surface area contributed by atoms with Crippen LogP contribution < -0.4 is 5.73 Å². The number of carbonyl (C=O) groups is 2. The third-order valence-corrected chi connectivity index (χ3v) is 2.92. The molecule has 0 aromatic heterocycles. The van der Waals surface area contributed by atoms with Crippen molar-refractivity contribution < 1.29 is 14.7 Å². The van der Waals surface area contributed by atoms with E-state index in [0.29, 0.717) is 6.42 Å². The molecule has 16 heavy (non-hydrogen) atoms. The van der Waals surface area contributed by atoms with Gasteiger partial charge in [-0.3, -0.25) is 9.59 Å². The van der Waals surface area contributed by atoms with E-state index in [4.69, 9.17) is 10.8 Å². The van der Waals surface area contributed by atoms with Gasteiger partial charge < -0.3 is 10.8 Å². The number of benzene rings is 1. The fraction of sp³-hybridized carbons (Fsp3) is 0.273. The summed E-state index contributed by atoms with van der Waals surface area (Å²) >= 11 is 0.963. The summed E-state index contributed by atoms with van der Waals surface area (Å²) in [5, 5.41) is 8.47. The minimum Gasteiger partial charge on any atom is -0.480 e. The number of hydrogen-bond donors (Lipinski definition) is 2. The molecule has 0 fully saturated rings. The highest BCUT2D eigenvalue weighted by molar-refractivity contribution is 8.13. The fourth-order valence-electron chi connectivity index (χ4n) is 1.07. The van der Waals surface area contributed by atoms with Gasteiger partial charge >= 0.3 is 5.97 Å². The van der Waals surface area contributed by atoms with E-state index in [9.17, 15) is 9.59 Å². The van der Waals surface area contributed by atoms with Crippen molar-refractivity contribution in [2.24, 2.45) is 5.73 Å². The van der Waals surface area contributed by atoms with Crippen molar-refractivity contribution in [3.63, 3.8) is 0 Å². The van der Waals surface area contributed by atoms with Crippen LogP contribution in [0.3, 0.4) is 0 Å². The van der Waals surface area contributed by atoms with Crippen LogP contribution in [0.5, 0.6) is 0 Å². The van der Waals surface area contributed by atoms with E-state index < -0.39 is 12.0 Å². The monoisotopic (exact) mass is 239 g/mol. The molecule has 0 aliphatic carbocycles. The summed E-state index contributed by atoms with van der Waals surface area (Å²) in [4.78, 5) is 21.9. The third-order valence-electron chi connectivity index (χ3n) is 1.93. The second-order valence-corrected chi connectivity index (χ2v) is 4.37. The van der Waals surface area contributed by atoms with Gasteiger partial charge in [-0.05, 0) is 5.56 Å². The van der Waals surface area contributed by atoms with Crippen molar-refractivity contribution in [3.05, 3.63) is 35.9 Å². The van der Waals surface area contributed by atoms with Crippen LogP contribution in [0.1, 0.15) is 5.56 Å². The van der Waals surface area contributed by atoms with Crippen molar-refractivity contribution in [3.8, 4) is 0 Å². The zero-order chi connectivity index (χ0) is 12.0. The number of aliphatic carboxylic acids is 1. The van der Waals surface area contributed by atoms with Gasteiger partial charge in [-0.15, -0.1) is 0 Å². The molecule has 0 saturated carbocycles. The molecule has 86 valence electrons. The summed E-state index contributed by atoms with van der Waals surface area (Å²) in [7, 11) is 0. The van der Waals surface area contributed by atoms with Crippen LogP contribution in [0, 0.1) is 0 Å². The number of carboxylic acid groups (broad SMARTS) is 1. The summed E-state index contributed by atoms with van der Waals surface area (Å²) in [6, 6.07) is 8.32. The van der Waals surface area contributed by atoms with Gasteiger partial charge in [0.15, 0.2) is 5.12 Å². The predicted molar refractivity (Wildman–Crippen MR) is 63.2 cm³/mol. The summed E-state index contributed by atoms with van der Waals surface area (Å²) in [5.74, 6) is -0.971. The first-order chi connectivity index (χ1) is 7.59. The molecular formula is C11H13NO3S. The molecule has 0 aliphatic rings.